The van der Waals surface area contributed by atoms with Gasteiger partial charge in [0.2, 0.25) is 0 Å². The summed E-state index contributed by atoms with van der Waals surface area (Å²) >= 11 is 0. The molecule has 0 aromatic carbocycles. The normalized spacial score (nSPS) is 13.9. The molecule has 0 aliphatic heterocycles. The number of methoxy groups -OCH3 is 1. The van der Waals surface area contributed by atoms with E-state index in [-0.39, 0.29) is 39.8 Å². The number of nitrogens with one attached hydrogen (secondary N) is 3. The van der Waals surface area contributed by atoms with Gasteiger partial charge in [-0.2, -0.15) is 18.3 Å². The van der Waals surface area contributed by atoms with Crippen LogP contribution < -0.4 is 20.7 Å². The van der Waals surface area contributed by atoms with Gasteiger partial charge in [-0.3, -0.25) is 4.79 Å². The molecule has 0 radical (unpaired) electrons. The van der Waals surface area contributed by atoms with Crippen LogP contribution in [0.4, 0.5) is 40.6 Å². The van der Waals surface area contributed by atoms with Crippen molar-refractivity contribution in [1.82, 2.24) is 24.9 Å². The van der Waals surface area contributed by atoms with Gasteiger partial charge in [-0.15, -0.1) is 0 Å². The average Bonchev–Trinajstić information content (AvgIpc) is 3.25. The van der Waals surface area contributed by atoms with Gasteiger partial charge in [0.05, 0.1) is 36.4 Å². The molecule has 0 spiro atoms. The Morgan fingerprint density at radius 3 is 2.58 bits per heavy atom. The van der Waals surface area contributed by atoms with Crippen molar-refractivity contribution in [3.8, 4) is 5.75 Å². The smallest absolute Gasteiger partial charge is 0.418 e. The molecule has 0 unspecified atom stereocenters. The summed E-state index contributed by atoms with van der Waals surface area (Å²) in [5, 5.41) is 21.4. The topological polar surface area (TPSA) is 126 Å². The molecule has 1 amide bonds. The highest BCUT2D eigenvalue weighted by Crippen LogP contribution is 2.41. The van der Waals surface area contributed by atoms with Crippen LogP contribution in [0.5, 0.6) is 5.75 Å². The van der Waals surface area contributed by atoms with Crippen molar-refractivity contribution in [1.29, 1.82) is 0 Å². The van der Waals surface area contributed by atoms with Gasteiger partial charge >= 0.3 is 6.18 Å². The zero-order valence-corrected chi connectivity index (χ0v) is 18.3. The SMILES string of the molecule is [2H]C([2H])([2H])NC(=O)c1cnc(Nc2ccc(F)cn2)cc1Nc1cnn2ccc([C@H](O)C(F)(F)F)c(OC)c12. The highest BCUT2D eigenvalue weighted by Gasteiger charge is 2.41. The van der Waals surface area contributed by atoms with Crippen LogP contribution in [-0.2, 0) is 0 Å². The molecule has 1 atom stereocenters. The van der Waals surface area contributed by atoms with Gasteiger partial charge in [0.1, 0.15) is 23.0 Å². The Morgan fingerprint density at radius 2 is 1.92 bits per heavy atom. The van der Waals surface area contributed by atoms with E-state index < -0.39 is 36.5 Å². The lowest BCUT2D eigenvalue weighted by Crippen LogP contribution is -2.21. The monoisotopic (exact) mass is 508 g/mol. The number of halogens is 4. The summed E-state index contributed by atoms with van der Waals surface area (Å²) in [5.41, 5.74) is -0.834. The molecule has 0 bridgehead atoms. The van der Waals surface area contributed by atoms with Crippen molar-refractivity contribution in [2.24, 2.45) is 0 Å². The van der Waals surface area contributed by atoms with E-state index in [0.29, 0.717) is 0 Å². The Hall–Kier alpha value is -4.46. The number of anilines is 4. The van der Waals surface area contributed by atoms with Crippen LogP contribution in [0.3, 0.4) is 0 Å². The van der Waals surface area contributed by atoms with Gasteiger partial charge in [0.25, 0.3) is 5.91 Å². The minimum atomic E-state index is -4.99. The molecule has 10 nitrogen and oxygen atoms in total. The lowest BCUT2D eigenvalue weighted by atomic mass is 10.1. The largest absolute Gasteiger partial charge is 0.494 e. The number of carbonyl (C=O) groups excluding carboxylic acids is 1. The van der Waals surface area contributed by atoms with Crippen molar-refractivity contribution in [3.63, 3.8) is 0 Å². The van der Waals surface area contributed by atoms with Crippen LogP contribution in [0.25, 0.3) is 5.52 Å². The second kappa shape index (κ2) is 9.65. The fourth-order valence-electron chi connectivity index (χ4n) is 3.36. The van der Waals surface area contributed by atoms with E-state index >= 15 is 0 Å². The van der Waals surface area contributed by atoms with Crippen LogP contribution in [0, 0.1) is 5.82 Å². The number of ether oxygens (including phenoxy) is 1. The number of alkyl halides is 3. The Balaban J connectivity index is 1.80. The second-order valence-electron chi connectivity index (χ2n) is 7.28. The van der Waals surface area contributed by atoms with Gasteiger partial charge in [0, 0.05) is 35.1 Å². The summed E-state index contributed by atoms with van der Waals surface area (Å²) < 4.78 is 81.4. The standard InChI is InChI=1S/C22H19F4N7O3/c1-27-21(35)13-9-29-17(32-16-4-3-11(23)8-28-16)7-14(13)31-15-10-30-33-6-5-12(19(36-2)18(15)33)20(34)22(24,25)26/h3-10,20,34H,1-2H3,(H,27,35)(H2,28,29,31,32)/t20-/m0/s1/i1D3. The number of aromatic nitrogens is 4. The second-order valence-corrected chi connectivity index (χ2v) is 7.28. The van der Waals surface area contributed by atoms with Crippen LogP contribution in [0.15, 0.2) is 49.1 Å². The summed E-state index contributed by atoms with van der Waals surface area (Å²) in [4.78, 5) is 20.6. The number of amides is 1. The number of aliphatic hydroxyl groups excluding tert-OH is 1. The summed E-state index contributed by atoms with van der Waals surface area (Å²) in [6.07, 6.45) is -3.44. The fourth-order valence-corrected chi connectivity index (χ4v) is 3.36. The number of aliphatic hydroxyl groups is 1. The van der Waals surface area contributed by atoms with Crippen molar-refractivity contribution in [3.05, 3.63) is 66.0 Å². The first-order chi connectivity index (χ1) is 18.3. The van der Waals surface area contributed by atoms with E-state index in [1.54, 1.807) is 0 Å². The van der Waals surface area contributed by atoms with E-state index in [1.807, 2.05) is 5.32 Å². The quantitative estimate of drug-likeness (QED) is 0.279. The summed E-state index contributed by atoms with van der Waals surface area (Å²) in [6.45, 7) is -2.83. The maximum absolute atomic E-state index is 13.3. The maximum Gasteiger partial charge on any atom is 0.418 e. The van der Waals surface area contributed by atoms with Crippen LogP contribution in [0.1, 0.15) is 26.1 Å². The predicted octanol–water partition coefficient (Wildman–Crippen LogP) is 3.71. The number of hydrogen-bond acceptors (Lipinski definition) is 8. The molecule has 0 fully saturated rings. The fraction of sp³-hybridized carbons (Fsp3) is 0.182. The molecule has 0 saturated heterocycles. The first-order valence-electron chi connectivity index (χ1n) is 11.5. The Kier molecular flexibility index (Phi) is 5.60. The number of hydrogen-bond donors (Lipinski definition) is 4. The van der Waals surface area contributed by atoms with Gasteiger partial charge in [0.15, 0.2) is 11.9 Å². The minimum Gasteiger partial charge on any atom is -0.494 e. The molecule has 0 saturated carbocycles. The molecule has 4 N–H and O–H groups in total. The van der Waals surface area contributed by atoms with Crippen LogP contribution in [-0.4, -0.2) is 50.9 Å². The maximum atomic E-state index is 13.3. The summed E-state index contributed by atoms with van der Waals surface area (Å²) in [6, 6.07) is 4.76. The molecule has 36 heavy (non-hydrogen) atoms. The molecule has 4 aromatic heterocycles. The number of nitrogens with zero attached hydrogens (tertiary/aromatic N) is 4. The Morgan fingerprint density at radius 1 is 1.14 bits per heavy atom. The molecule has 188 valence electrons. The number of rotatable bonds is 7. The third-order valence-corrected chi connectivity index (χ3v) is 4.99. The van der Waals surface area contributed by atoms with Crippen molar-refractivity contribution in [2.75, 3.05) is 24.7 Å². The van der Waals surface area contributed by atoms with E-state index in [2.05, 4.69) is 25.7 Å². The number of pyridine rings is 3. The molecule has 4 aromatic rings. The number of fused-ring (bicyclic) bond motifs is 1. The van der Waals surface area contributed by atoms with Crippen LogP contribution >= 0.6 is 0 Å². The van der Waals surface area contributed by atoms with E-state index in [1.165, 1.54) is 29.0 Å². The number of carbonyl (C=O) groups is 1. The summed E-state index contributed by atoms with van der Waals surface area (Å²) in [7, 11) is 1.11. The molecule has 0 aliphatic rings. The first kappa shape index (κ1) is 20.9. The lowest BCUT2D eigenvalue weighted by Gasteiger charge is -2.19. The zero-order chi connectivity index (χ0) is 28.5. The van der Waals surface area contributed by atoms with Crippen molar-refractivity contribution < 1.29 is 36.3 Å². The predicted molar refractivity (Wildman–Crippen MR) is 121 cm³/mol. The Bertz CT molecular complexity index is 1510. The van der Waals surface area contributed by atoms with Gasteiger partial charge in [-0.1, -0.05) is 0 Å². The summed E-state index contributed by atoms with van der Waals surface area (Å²) in [5.74, 6) is -1.67. The molecular weight excluding hydrogens is 486 g/mol. The van der Waals surface area contributed by atoms with Crippen molar-refractivity contribution >= 4 is 34.4 Å². The molecule has 4 rings (SSSR count). The van der Waals surface area contributed by atoms with Crippen LogP contribution in [0.2, 0.25) is 0 Å². The first-order valence-corrected chi connectivity index (χ1v) is 10.0. The lowest BCUT2D eigenvalue weighted by molar-refractivity contribution is -0.207. The average molecular weight is 508 g/mol. The zero-order valence-electron chi connectivity index (χ0n) is 21.3. The van der Waals surface area contributed by atoms with Crippen molar-refractivity contribution in [2.45, 2.75) is 12.3 Å². The highest BCUT2D eigenvalue weighted by atomic mass is 19.4. The van der Waals surface area contributed by atoms with Gasteiger partial charge in [-0.25, -0.2) is 18.9 Å². The third-order valence-electron chi connectivity index (χ3n) is 4.99. The van der Waals surface area contributed by atoms with E-state index in [9.17, 15) is 27.5 Å². The molecule has 4 heterocycles. The molecule has 0 aliphatic carbocycles. The minimum absolute atomic E-state index is 0.0213. The molecule has 14 heteroatoms. The van der Waals surface area contributed by atoms with E-state index in [0.717, 1.165) is 31.6 Å². The highest BCUT2D eigenvalue weighted by molar-refractivity contribution is 6.01. The van der Waals surface area contributed by atoms with Gasteiger partial charge < -0.3 is 25.8 Å². The van der Waals surface area contributed by atoms with Gasteiger partial charge in [-0.05, 0) is 18.2 Å². The Labute approximate surface area is 205 Å². The van der Waals surface area contributed by atoms with E-state index in [4.69, 9.17) is 8.85 Å². The molecular formula is C22H19F4N7O3. The third kappa shape index (κ3) is 4.84.